The van der Waals surface area contributed by atoms with Crippen LogP contribution in [0.15, 0.2) is 291 Å². The number of para-hydroxylation sites is 3. The van der Waals surface area contributed by atoms with Crippen LogP contribution in [0.25, 0.3) is 32.3 Å². The molecule has 12 aromatic rings. The largest absolute Gasteiger partial charge is 0.310 e. The van der Waals surface area contributed by atoms with Gasteiger partial charge in [-0.05, 0) is 124 Å². The fourth-order valence-corrected chi connectivity index (χ4v) is 10.2. The van der Waals surface area contributed by atoms with Crippen molar-refractivity contribution in [2.75, 3.05) is 14.7 Å². The second kappa shape index (κ2) is 18.8. The van der Waals surface area contributed by atoms with Crippen LogP contribution in [-0.2, 0) is 0 Å². The van der Waals surface area contributed by atoms with Gasteiger partial charge in [-0.3, -0.25) is 0 Å². The molecule has 0 aliphatic carbocycles. The van der Waals surface area contributed by atoms with Crippen molar-refractivity contribution in [2.24, 2.45) is 0 Å². The van der Waals surface area contributed by atoms with Crippen LogP contribution in [0.3, 0.4) is 0 Å². The minimum Gasteiger partial charge on any atom is -0.310 e. The van der Waals surface area contributed by atoms with Crippen molar-refractivity contribution in [3.63, 3.8) is 0 Å². The third-order valence-corrected chi connectivity index (χ3v) is 13.5. The van der Waals surface area contributed by atoms with Gasteiger partial charge in [0.1, 0.15) is 0 Å². The third kappa shape index (κ3) is 8.10. The Hall–Kier alpha value is -9.18. The van der Waals surface area contributed by atoms with E-state index in [-0.39, 0.29) is 5.92 Å². The molecule has 0 spiro atoms. The molecule has 0 N–H and O–H groups in total. The van der Waals surface area contributed by atoms with Crippen molar-refractivity contribution in [1.29, 1.82) is 0 Å². The summed E-state index contributed by atoms with van der Waals surface area (Å²) in [6.45, 7) is 0. The summed E-state index contributed by atoms with van der Waals surface area (Å²) >= 11 is 0. The first-order valence-corrected chi connectivity index (χ1v) is 24.0. The molecule has 0 aliphatic rings. The third-order valence-electron chi connectivity index (χ3n) is 13.5. The van der Waals surface area contributed by atoms with Gasteiger partial charge in [0.25, 0.3) is 0 Å². The van der Waals surface area contributed by atoms with Crippen molar-refractivity contribution >= 4 is 83.5 Å². The Balaban J connectivity index is 0.984. The highest BCUT2D eigenvalue weighted by molar-refractivity contribution is 6.01. The van der Waals surface area contributed by atoms with E-state index in [2.05, 4.69) is 306 Å². The molecule has 0 saturated carbocycles. The highest BCUT2D eigenvalue weighted by atomic mass is 15.2. The van der Waals surface area contributed by atoms with Crippen molar-refractivity contribution in [3.05, 3.63) is 308 Å². The lowest BCUT2D eigenvalue weighted by Gasteiger charge is -2.29. The lowest BCUT2D eigenvalue weighted by atomic mass is 9.84. The number of rotatable bonds is 12. The Kier molecular flexibility index (Phi) is 11.4. The number of hydrogen-bond acceptors (Lipinski definition) is 3. The van der Waals surface area contributed by atoms with E-state index >= 15 is 0 Å². The lowest BCUT2D eigenvalue weighted by Crippen LogP contribution is -2.12. The SMILES string of the molecule is c1ccc(N(c2ccc(C(c3ccc(N(c4ccccc4)c4cccc5ccccc45)cc3)c3ccc(N(c4ccccc4)c4cccc5ccccc45)cc3)cc2)c2cccc3ccccc23)cc1. The van der Waals surface area contributed by atoms with Gasteiger partial charge in [-0.25, -0.2) is 0 Å². The molecule has 0 atom stereocenters. The van der Waals surface area contributed by atoms with E-state index in [4.69, 9.17) is 0 Å². The molecule has 70 heavy (non-hydrogen) atoms. The molecule has 0 bridgehead atoms. The van der Waals surface area contributed by atoms with Crippen LogP contribution >= 0.6 is 0 Å². The van der Waals surface area contributed by atoms with Crippen molar-refractivity contribution in [1.82, 2.24) is 0 Å². The Labute approximate surface area is 410 Å². The molecule has 12 rings (SSSR count). The Morgan fingerprint density at radius 3 is 0.700 bits per heavy atom. The predicted molar refractivity (Wildman–Crippen MR) is 297 cm³/mol. The molecule has 0 fully saturated rings. The molecule has 0 heterocycles. The van der Waals surface area contributed by atoms with Crippen LogP contribution in [0.1, 0.15) is 22.6 Å². The monoisotopic (exact) mass is 895 g/mol. The quantitative estimate of drug-likeness (QED) is 0.113. The number of benzene rings is 12. The number of hydrogen-bond donors (Lipinski definition) is 0. The zero-order chi connectivity index (χ0) is 46.6. The number of fused-ring (bicyclic) bond motifs is 3. The highest BCUT2D eigenvalue weighted by Gasteiger charge is 2.23. The van der Waals surface area contributed by atoms with Gasteiger partial charge < -0.3 is 14.7 Å². The summed E-state index contributed by atoms with van der Waals surface area (Å²) in [5, 5.41) is 7.25. The average molecular weight is 896 g/mol. The zero-order valence-corrected chi connectivity index (χ0v) is 38.6. The fourth-order valence-electron chi connectivity index (χ4n) is 10.2. The summed E-state index contributed by atoms with van der Waals surface area (Å²) in [6, 6.07) is 105. The molecule has 0 aliphatic heterocycles. The van der Waals surface area contributed by atoms with Gasteiger partial charge in [-0.2, -0.15) is 0 Å². The molecule has 0 saturated heterocycles. The second-order valence-electron chi connectivity index (χ2n) is 17.7. The van der Waals surface area contributed by atoms with Crippen molar-refractivity contribution in [2.45, 2.75) is 5.92 Å². The Morgan fingerprint density at radius 2 is 0.414 bits per heavy atom. The van der Waals surface area contributed by atoms with E-state index in [1.807, 2.05) is 0 Å². The molecule has 3 nitrogen and oxygen atoms in total. The molecular weight excluding hydrogens is 847 g/mol. The first-order chi connectivity index (χ1) is 34.7. The first-order valence-electron chi connectivity index (χ1n) is 24.0. The fraction of sp³-hybridized carbons (Fsp3) is 0.0149. The summed E-state index contributed by atoms with van der Waals surface area (Å²) in [5.41, 5.74) is 13.7. The van der Waals surface area contributed by atoms with Crippen LogP contribution in [0, 0.1) is 0 Å². The highest BCUT2D eigenvalue weighted by Crippen LogP contribution is 2.44. The summed E-state index contributed by atoms with van der Waals surface area (Å²) < 4.78 is 0. The van der Waals surface area contributed by atoms with Crippen molar-refractivity contribution in [3.8, 4) is 0 Å². The second-order valence-corrected chi connectivity index (χ2v) is 17.7. The van der Waals surface area contributed by atoms with Crippen molar-refractivity contribution < 1.29 is 0 Å². The molecule has 0 unspecified atom stereocenters. The molecule has 0 aromatic heterocycles. The van der Waals surface area contributed by atoms with Gasteiger partial charge in [0, 0.05) is 56.2 Å². The minimum atomic E-state index is -0.0645. The smallest absolute Gasteiger partial charge is 0.0540 e. The van der Waals surface area contributed by atoms with Crippen LogP contribution < -0.4 is 14.7 Å². The van der Waals surface area contributed by atoms with Gasteiger partial charge in [0.15, 0.2) is 0 Å². The van der Waals surface area contributed by atoms with Gasteiger partial charge >= 0.3 is 0 Å². The maximum Gasteiger partial charge on any atom is 0.0540 e. The van der Waals surface area contributed by atoms with Crippen LogP contribution in [0.4, 0.5) is 51.2 Å². The van der Waals surface area contributed by atoms with E-state index in [0.717, 1.165) is 51.2 Å². The van der Waals surface area contributed by atoms with E-state index in [1.54, 1.807) is 0 Å². The van der Waals surface area contributed by atoms with Crippen LogP contribution in [0.2, 0.25) is 0 Å². The van der Waals surface area contributed by atoms with Gasteiger partial charge in [-0.1, -0.05) is 200 Å². The van der Waals surface area contributed by atoms with E-state index < -0.39 is 0 Å². The molecule has 3 heteroatoms. The minimum absolute atomic E-state index is 0.0645. The average Bonchev–Trinajstić information content (AvgIpc) is 3.43. The number of nitrogens with zero attached hydrogens (tertiary/aromatic N) is 3. The first kappa shape index (κ1) is 42.2. The van der Waals surface area contributed by atoms with E-state index in [9.17, 15) is 0 Å². The van der Waals surface area contributed by atoms with E-state index in [0.29, 0.717) is 0 Å². The van der Waals surface area contributed by atoms with Crippen LogP contribution in [-0.4, -0.2) is 0 Å². The predicted octanol–water partition coefficient (Wildman–Crippen LogP) is 18.7. The van der Waals surface area contributed by atoms with Gasteiger partial charge in [-0.15, -0.1) is 0 Å². The summed E-state index contributed by atoms with van der Waals surface area (Å²) in [6.07, 6.45) is 0. The zero-order valence-electron chi connectivity index (χ0n) is 38.6. The summed E-state index contributed by atoms with van der Waals surface area (Å²) in [5.74, 6) is -0.0645. The normalized spacial score (nSPS) is 11.3. The number of anilines is 9. The molecular formula is C67H49N3. The Morgan fingerprint density at radius 1 is 0.186 bits per heavy atom. The Bertz CT molecular complexity index is 3290. The van der Waals surface area contributed by atoms with Crippen LogP contribution in [0.5, 0.6) is 0 Å². The molecule has 332 valence electrons. The maximum atomic E-state index is 2.38. The topological polar surface area (TPSA) is 9.72 Å². The molecule has 0 radical (unpaired) electrons. The maximum absolute atomic E-state index is 2.38. The summed E-state index contributed by atoms with van der Waals surface area (Å²) in [7, 11) is 0. The van der Waals surface area contributed by atoms with Gasteiger partial charge in [0.05, 0.1) is 17.1 Å². The standard InChI is InChI=1S/C67H49N3/c1-4-25-55(26-5-1)68(64-34-16-22-49-19-10-13-31-61(49)64)58-43-37-52(38-44-58)67(53-39-45-59(46-40-53)69(56-27-6-2-7-28-56)65-35-17-23-50-20-11-14-32-62(50)65)54-41-47-60(48-42-54)70(57-29-8-3-9-30-57)66-36-18-24-51-21-12-15-33-63(51)66/h1-48,67H. The van der Waals surface area contributed by atoms with Gasteiger partial charge in [0.2, 0.25) is 0 Å². The molecule has 0 amide bonds. The van der Waals surface area contributed by atoms with E-state index in [1.165, 1.54) is 49.0 Å². The summed E-state index contributed by atoms with van der Waals surface area (Å²) in [4.78, 5) is 7.13. The lowest BCUT2D eigenvalue weighted by molar-refractivity contribution is 0.976. The molecule has 12 aromatic carbocycles.